The van der Waals surface area contributed by atoms with Crippen LogP contribution in [0.15, 0.2) is 83.8 Å². The Balaban J connectivity index is 1.89. The number of para-hydroxylation sites is 1. The number of amides is 2. The summed E-state index contributed by atoms with van der Waals surface area (Å²) in [7, 11) is -3.84. The number of benzene rings is 3. The molecule has 172 valence electrons. The van der Waals surface area contributed by atoms with Gasteiger partial charge < -0.3 is 10.6 Å². The zero-order chi connectivity index (χ0) is 24.0. The van der Waals surface area contributed by atoms with Crippen molar-refractivity contribution in [1.82, 2.24) is 0 Å². The van der Waals surface area contributed by atoms with Crippen LogP contribution in [-0.2, 0) is 14.8 Å². The molecule has 0 spiro atoms. The first-order valence-electron chi connectivity index (χ1n) is 10.3. The molecule has 0 fully saturated rings. The van der Waals surface area contributed by atoms with Crippen LogP contribution in [0, 0.1) is 5.82 Å². The lowest BCUT2D eigenvalue weighted by molar-refractivity contribution is -0.117. The molecule has 3 rings (SSSR count). The lowest BCUT2D eigenvalue weighted by atomic mass is 10.1. The predicted molar refractivity (Wildman–Crippen MR) is 125 cm³/mol. The molecule has 0 saturated carbocycles. The van der Waals surface area contributed by atoms with Crippen molar-refractivity contribution in [2.45, 2.75) is 18.2 Å². The molecular formula is C24H24FN3O4S. The van der Waals surface area contributed by atoms with Gasteiger partial charge in [0.05, 0.1) is 10.6 Å². The third-order valence-electron chi connectivity index (χ3n) is 4.99. The van der Waals surface area contributed by atoms with Crippen molar-refractivity contribution in [2.75, 3.05) is 22.3 Å². The van der Waals surface area contributed by atoms with E-state index in [2.05, 4.69) is 0 Å². The summed E-state index contributed by atoms with van der Waals surface area (Å²) in [5.74, 6) is -1.52. The van der Waals surface area contributed by atoms with E-state index in [4.69, 9.17) is 5.73 Å². The molecule has 33 heavy (non-hydrogen) atoms. The average Bonchev–Trinajstić information content (AvgIpc) is 2.81. The number of nitrogens with two attached hydrogens (primary N) is 1. The van der Waals surface area contributed by atoms with Crippen molar-refractivity contribution in [1.29, 1.82) is 0 Å². The minimum atomic E-state index is -3.84. The molecule has 0 heterocycles. The molecule has 2 amide bonds. The number of primary amides is 1. The highest BCUT2D eigenvalue weighted by Crippen LogP contribution is 2.24. The molecule has 0 unspecified atom stereocenters. The van der Waals surface area contributed by atoms with Crippen molar-refractivity contribution in [3.63, 3.8) is 0 Å². The molecule has 9 heteroatoms. The van der Waals surface area contributed by atoms with Gasteiger partial charge in [0, 0.05) is 30.8 Å². The van der Waals surface area contributed by atoms with Gasteiger partial charge in [-0.15, -0.1) is 0 Å². The van der Waals surface area contributed by atoms with E-state index in [1.54, 1.807) is 37.3 Å². The summed E-state index contributed by atoms with van der Waals surface area (Å²) in [4.78, 5) is 25.7. The lowest BCUT2D eigenvalue weighted by Gasteiger charge is -2.24. The van der Waals surface area contributed by atoms with Gasteiger partial charge in [0.15, 0.2) is 0 Å². The van der Waals surface area contributed by atoms with Gasteiger partial charge in [-0.25, -0.2) is 12.8 Å². The first kappa shape index (κ1) is 23.9. The molecule has 7 nitrogen and oxygen atoms in total. The van der Waals surface area contributed by atoms with Crippen LogP contribution in [0.25, 0.3) is 0 Å². The second-order valence-corrected chi connectivity index (χ2v) is 9.04. The molecule has 0 saturated heterocycles. The van der Waals surface area contributed by atoms with Gasteiger partial charge in [0.2, 0.25) is 5.91 Å². The minimum absolute atomic E-state index is 0.00251. The van der Waals surface area contributed by atoms with E-state index in [9.17, 15) is 22.4 Å². The fourth-order valence-corrected chi connectivity index (χ4v) is 4.80. The second-order valence-electron chi connectivity index (χ2n) is 7.18. The van der Waals surface area contributed by atoms with Gasteiger partial charge in [0.1, 0.15) is 5.82 Å². The third-order valence-corrected chi connectivity index (χ3v) is 6.90. The van der Waals surface area contributed by atoms with Gasteiger partial charge in [-0.05, 0) is 67.6 Å². The normalized spacial score (nSPS) is 11.1. The second kappa shape index (κ2) is 10.3. The number of carbonyl (C=O) groups excluding carboxylic acids is 2. The van der Waals surface area contributed by atoms with Crippen LogP contribution in [0.5, 0.6) is 0 Å². The standard InChI is InChI=1S/C24H24FN3O4S/c1-2-28(21-6-4-3-5-7-21)33(31,32)22-14-8-18(9-15-22)24(30)27(17-16-23(26)29)20-12-10-19(25)11-13-20/h3-15H,2,16-17H2,1H3,(H2,26,29). The molecule has 0 aliphatic carbocycles. The maximum atomic E-state index is 13.3. The molecule has 3 aromatic rings. The molecule has 0 atom stereocenters. The number of nitrogens with zero attached hydrogens (tertiary/aromatic N) is 2. The van der Waals surface area contributed by atoms with E-state index >= 15 is 0 Å². The molecule has 2 N–H and O–H groups in total. The van der Waals surface area contributed by atoms with Crippen molar-refractivity contribution >= 4 is 33.2 Å². The molecule has 0 radical (unpaired) electrons. The van der Waals surface area contributed by atoms with E-state index in [0.717, 1.165) is 0 Å². The quantitative estimate of drug-likeness (QED) is 0.518. The molecule has 3 aromatic carbocycles. The SMILES string of the molecule is CCN(c1ccccc1)S(=O)(=O)c1ccc(C(=O)N(CCC(N)=O)c2ccc(F)cc2)cc1. The fraction of sp³-hybridized carbons (Fsp3) is 0.167. The van der Waals surface area contributed by atoms with E-state index in [1.807, 2.05) is 0 Å². The average molecular weight is 470 g/mol. The molecular weight excluding hydrogens is 445 g/mol. The summed E-state index contributed by atoms with van der Waals surface area (Å²) < 4.78 is 40.9. The van der Waals surface area contributed by atoms with Crippen LogP contribution < -0.4 is 14.9 Å². The zero-order valence-electron chi connectivity index (χ0n) is 18.0. The molecule has 0 aliphatic rings. The lowest BCUT2D eigenvalue weighted by Crippen LogP contribution is -2.34. The monoisotopic (exact) mass is 469 g/mol. The van der Waals surface area contributed by atoms with Crippen molar-refractivity contribution in [3.05, 3.63) is 90.2 Å². The summed E-state index contributed by atoms with van der Waals surface area (Å²) in [5, 5.41) is 0. The van der Waals surface area contributed by atoms with E-state index < -0.39 is 27.7 Å². The smallest absolute Gasteiger partial charge is 0.264 e. The van der Waals surface area contributed by atoms with E-state index in [0.29, 0.717) is 11.4 Å². The number of hydrogen-bond donors (Lipinski definition) is 1. The van der Waals surface area contributed by atoms with Gasteiger partial charge in [-0.2, -0.15) is 0 Å². The summed E-state index contributed by atoms with van der Waals surface area (Å²) >= 11 is 0. The number of halogens is 1. The predicted octanol–water partition coefficient (Wildman–Crippen LogP) is 3.56. The van der Waals surface area contributed by atoms with Crippen LogP contribution in [0.2, 0.25) is 0 Å². The largest absolute Gasteiger partial charge is 0.370 e. The highest BCUT2D eigenvalue weighted by atomic mass is 32.2. The van der Waals surface area contributed by atoms with E-state index in [1.165, 1.54) is 57.7 Å². The first-order valence-corrected chi connectivity index (χ1v) is 11.7. The first-order chi connectivity index (χ1) is 15.7. The number of carbonyl (C=O) groups is 2. The molecule has 0 aliphatic heterocycles. The Morgan fingerprint density at radius 3 is 2.03 bits per heavy atom. The Bertz CT molecular complexity index is 1210. The van der Waals surface area contributed by atoms with Gasteiger partial charge in [-0.3, -0.25) is 13.9 Å². The fourth-order valence-electron chi connectivity index (χ4n) is 3.33. The number of hydrogen-bond acceptors (Lipinski definition) is 4. The topological polar surface area (TPSA) is 101 Å². The van der Waals surface area contributed by atoms with Gasteiger partial charge in [-0.1, -0.05) is 18.2 Å². The van der Waals surface area contributed by atoms with Crippen LogP contribution in [0.4, 0.5) is 15.8 Å². The van der Waals surface area contributed by atoms with Crippen molar-refractivity contribution in [2.24, 2.45) is 5.73 Å². The summed E-state index contributed by atoms with van der Waals surface area (Å²) in [6.07, 6.45) is -0.0852. The van der Waals surface area contributed by atoms with Gasteiger partial charge in [0.25, 0.3) is 15.9 Å². The van der Waals surface area contributed by atoms with Crippen LogP contribution >= 0.6 is 0 Å². The van der Waals surface area contributed by atoms with Crippen LogP contribution in [0.3, 0.4) is 0 Å². The Hall–Kier alpha value is -3.72. The highest BCUT2D eigenvalue weighted by Gasteiger charge is 2.25. The molecule has 0 bridgehead atoms. The van der Waals surface area contributed by atoms with Crippen molar-refractivity contribution in [3.8, 4) is 0 Å². The Morgan fingerprint density at radius 2 is 1.48 bits per heavy atom. The number of anilines is 2. The third kappa shape index (κ3) is 5.56. The Labute approximate surface area is 192 Å². The Kier molecular flexibility index (Phi) is 7.44. The minimum Gasteiger partial charge on any atom is -0.370 e. The zero-order valence-corrected chi connectivity index (χ0v) is 18.8. The highest BCUT2D eigenvalue weighted by molar-refractivity contribution is 7.92. The van der Waals surface area contributed by atoms with Crippen LogP contribution in [0.1, 0.15) is 23.7 Å². The van der Waals surface area contributed by atoms with Crippen molar-refractivity contribution < 1.29 is 22.4 Å². The maximum absolute atomic E-state index is 13.3. The summed E-state index contributed by atoms with van der Waals surface area (Å²) in [6, 6.07) is 19.5. The van der Waals surface area contributed by atoms with Gasteiger partial charge >= 0.3 is 0 Å². The summed E-state index contributed by atoms with van der Waals surface area (Å²) in [6.45, 7) is 1.97. The van der Waals surface area contributed by atoms with Crippen LogP contribution in [-0.4, -0.2) is 33.3 Å². The summed E-state index contributed by atoms with van der Waals surface area (Å²) in [5.41, 5.74) is 6.37. The Morgan fingerprint density at radius 1 is 0.879 bits per heavy atom. The number of rotatable bonds is 9. The maximum Gasteiger partial charge on any atom is 0.264 e. The molecule has 0 aromatic heterocycles. The van der Waals surface area contributed by atoms with E-state index in [-0.39, 0.29) is 30.0 Å². The number of sulfonamides is 1.